The number of primary amides is 1. The first-order valence-corrected chi connectivity index (χ1v) is 7.35. The Kier molecular flexibility index (Phi) is 5.48. The molecule has 4 nitrogen and oxygen atoms in total. The zero-order valence-corrected chi connectivity index (χ0v) is 13.4. The van der Waals surface area contributed by atoms with Crippen LogP contribution in [0.1, 0.15) is 17.5 Å². The molecule has 0 aliphatic rings. The highest BCUT2D eigenvalue weighted by molar-refractivity contribution is 6.08. The van der Waals surface area contributed by atoms with Crippen LogP contribution in [0.4, 0.5) is 37.7 Å². The Labute approximate surface area is 149 Å². The minimum Gasteiger partial charge on any atom is -0.369 e. The molecule has 0 aromatic heterocycles. The van der Waals surface area contributed by atoms with Crippen LogP contribution in [0.2, 0.25) is 0 Å². The van der Waals surface area contributed by atoms with Crippen molar-refractivity contribution >= 4 is 23.2 Å². The molecule has 2 amide bonds. The Bertz CT molecular complexity index is 803. The first kappa shape index (κ1) is 20.3. The van der Waals surface area contributed by atoms with Crippen molar-refractivity contribution < 1.29 is 35.9 Å². The average molecular weight is 390 g/mol. The van der Waals surface area contributed by atoms with Crippen LogP contribution in [0.15, 0.2) is 48.5 Å². The van der Waals surface area contributed by atoms with Gasteiger partial charge in [-0.2, -0.15) is 26.3 Å². The predicted molar refractivity (Wildman–Crippen MR) is 83.8 cm³/mol. The number of hydrogen-bond acceptors (Lipinski definition) is 2. The molecule has 27 heavy (non-hydrogen) atoms. The molecular weight excluding hydrogens is 378 g/mol. The highest BCUT2D eigenvalue weighted by Crippen LogP contribution is 2.36. The zero-order chi connectivity index (χ0) is 20.4. The van der Waals surface area contributed by atoms with Crippen molar-refractivity contribution in [2.24, 2.45) is 5.73 Å². The van der Waals surface area contributed by atoms with E-state index in [0.717, 1.165) is 36.4 Å². The minimum absolute atomic E-state index is 0.351. The van der Waals surface area contributed by atoms with E-state index in [0.29, 0.717) is 17.0 Å². The molecule has 0 aliphatic heterocycles. The highest BCUT2D eigenvalue weighted by atomic mass is 19.4. The van der Waals surface area contributed by atoms with Gasteiger partial charge in [0, 0.05) is 11.4 Å². The lowest BCUT2D eigenvalue weighted by Crippen LogP contribution is -2.30. The molecule has 2 rings (SSSR count). The smallest absolute Gasteiger partial charge is 0.369 e. The van der Waals surface area contributed by atoms with Crippen LogP contribution >= 0.6 is 0 Å². The third kappa shape index (κ3) is 4.99. The Morgan fingerprint density at radius 2 is 1.22 bits per heavy atom. The SMILES string of the molecule is NC(=O)CC(=O)N(c1cccc(C(F)(F)F)c1)c1cccc(C(F)(F)F)c1. The third-order valence-electron chi connectivity index (χ3n) is 3.44. The van der Waals surface area contributed by atoms with E-state index in [9.17, 15) is 35.9 Å². The van der Waals surface area contributed by atoms with Crippen molar-refractivity contribution in [2.45, 2.75) is 18.8 Å². The molecule has 0 bridgehead atoms. The van der Waals surface area contributed by atoms with E-state index >= 15 is 0 Å². The molecule has 0 heterocycles. The summed E-state index contributed by atoms with van der Waals surface area (Å²) in [7, 11) is 0. The Hall–Kier alpha value is -3.04. The topological polar surface area (TPSA) is 63.4 Å². The molecule has 2 aromatic rings. The van der Waals surface area contributed by atoms with Gasteiger partial charge in [-0.25, -0.2) is 0 Å². The largest absolute Gasteiger partial charge is 0.416 e. The molecule has 0 atom stereocenters. The molecule has 0 aliphatic carbocycles. The van der Waals surface area contributed by atoms with Gasteiger partial charge in [-0.1, -0.05) is 12.1 Å². The predicted octanol–water partition coefficient (Wildman–Crippen LogP) is 4.26. The normalized spacial score (nSPS) is 11.9. The number of rotatable bonds is 4. The van der Waals surface area contributed by atoms with Gasteiger partial charge in [0.1, 0.15) is 6.42 Å². The Morgan fingerprint density at radius 3 is 1.56 bits per heavy atom. The number of amides is 2. The molecule has 2 aromatic carbocycles. The molecule has 0 spiro atoms. The van der Waals surface area contributed by atoms with Gasteiger partial charge in [0.2, 0.25) is 11.8 Å². The molecule has 0 radical (unpaired) electrons. The average Bonchev–Trinajstić information content (AvgIpc) is 2.53. The third-order valence-corrected chi connectivity index (χ3v) is 3.44. The molecule has 0 unspecified atom stereocenters. The van der Waals surface area contributed by atoms with E-state index in [1.165, 1.54) is 0 Å². The maximum atomic E-state index is 12.9. The van der Waals surface area contributed by atoms with Crippen molar-refractivity contribution in [3.05, 3.63) is 59.7 Å². The second kappa shape index (κ2) is 7.29. The summed E-state index contributed by atoms with van der Waals surface area (Å²) in [5.41, 5.74) is 2.02. The van der Waals surface area contributed by atoms with Crippen molar-refractivity contribution in [2.75, 3.05) is 4.90 Å². The van der Waals surface area contributed by atoms with E-state index in [1.54, 1.807) is 0 Å². The lowest BCUT2D eigenvalue weighted by Gasteiger charge is -2.24. The number of alkyl halides is 6. The second-order valence-electron chi connectivity index (χ2n) is 5.47. The maximum Gasteiger partial charge on any atom is 0.416 e. The van der Waals surface area contributed by atoms with Crippen molar-refractivity contribution in [3.63, 3.8) is 0 Å². The standard InChI is InChI=1S/C17H12F6N2O2/c18-16(19,20)10-3-1-5-12(7-10)25(15(27)9-14(24)26)13-6-2-4-11(8-13)17(21,22)23/h1-8H,9H2,(H2,24,26). The van der Waals surface area contributed by atoms with Gasteiger partial charge >= 0.3 is 12.4 Å². The number of hydrogen-bond donors (Lipinski definition) is 1. The van der Waals surface area contributed by atoms with Crippen LogP contribution in [0.25, 0.3) is 0 Å². The fraction of sp³-hybridized carbons (Fsp3) is 0.176. The van der Waals surface area contributed by atoms with Crippen LogP contribution in [-0.4, -0.2) is 11.8 Å². The molecule has 0 fully saturated rings. The monoisotopic (exact) mass is 390 g/mol. The fourth-order valence-electron chi connectivity index (χ4n) is 2.31. The summed E-state index contributed by atoms with van der Waals surface area (Å²) in [6, 6.07) is 6.88. The van der Waals surface area contributed by atoms with Gasteiger partial charge < -0.3 is 5.73 Å². The summed E-state index contributed by atoms with van der Waals surface area (Å²) < 4.78 is 77.6. The summed E-state index contributed by atoms with van der Waals surface area (Å²) in [5, 5.41) is 0. The van der Waals surface area contributed by atoms with Gasteiger partial charge in [0.05, 0.1) is 11.1 Å². The Morgan fingerprint density at radius 1 is 0.815 bits per heavy atom. The second-order valence-corrected chi connectivity index (χ2v) is 5.47. The molecule has 144 valence electrons. The summed E-state index contributed by atoms with van der Waals surface area (Å²) in [4.78, 5) is 24.0. The van der Waals surface area contributed by atoms with E-state index in [4.69, 9.17) is 5.73 Å². The summed E-state index contributed by atoms with van der Waals surface area (Å²) in [5.74, 6) is -2.15. The van der Waals surface area contributed by atoms with Crippen molar-refractivity contribution in [1.82, 2.24) is 0 Å². The molecule has 0 saturated carbocycles. The van der Waals surface area contributed by atoms with Gasteiger partial charge in [0.25, 0.3) is 0 Å². The number of nitrogens with two attached hydrogens (primary N) is 1. The number of benzene rings is 2. The quantitative estimate of drug-likeness (QED) is 0.626. The van der Waals surface area contributed by atoms with Crippen LogP contribution in [-0.2, 0) is 21.9 Å². The number of carbonyl (C=O) groups excluding carboxylic acids is 2. The number of nitrogens with zero attached hydrogens (tertiary/aromatic N) is 1. The summed E-state index contributed by atoms with van der Waals surface area (Å²) >= 11 is 0. The Balaban J connectivity index is 2.60. The number of halogens is 6. The lowest BCUT2D eigenvalue weighted by molar-refractivity contribution is -0.138. The van der Waals surface area contributed by atoms with Gasteiger partial charge in [-0.15, -0.1) is 0 Å². The molecular formula is C17H12F6N2O2. The van der Waals surface area contributed by atoms with E-state index in [-0.39, 0.29) is 11.4 Å². The van der Waals surface area contributed by atoms with Gasteiger partial charge in [-0.3, -0.25) is 14.5 Å². The summed E-state index contributed by atoms with van der Waals surface area (Å²) in [6.45, 7) is 0. The van der Waals surface area contributed by atoms with E-state index in [1.807, 2.05) is 0 Å². The van der Waals surface area contributed by atoms with Crippen molar-refractivity contribution in [1.29, 1.82) is 0 Å². The van der Waals surface area contributed by atoms with E-state index < -0.39 is 41.7 Å². The molecule has 2 N–H and O–H groups in total. The first-order valence-electron chi connectivity index (χ1n) is 7.35. The zero-order valence-electron chi connectivity index (χ0n) is 13.4. The van der Waals surface area contributed by atoms with Gasteiger partial charge in [0.15, 0.2) is 0 Å². The van der Waals surface area contributed by atoms with Gasteiger partial charge in [-0.05, 0) is 36.4 Å². The number of anilines is 2. The minimum atomic E-state index is -4.73. The van der Waals surface area contributed by atoms with Crippen LogP contribution in [0, 0.1) is 0 Å². The van der Waals surface area contributed by atoms with Crippen LogP contribution in [0.5, 0.6) is 0 Å². The first-order chi connectivity index (χ1) is 12.4. The summed E-state index contributed by atoms with van der Waals surface area (Å²) in [6.07, 6.45) is -10.4. The maximum absolute atomic E-state index is 12.9. The van der Waals surface area contributed by atoms with Crippen LogP contribution < -0.4 is 10.6 Å². The van der Waals surface area contributed by atoms with E-state index in [2.05, 4.69) is 0 Å². The number of carbonyl (C=O) groups is 2. The molecule has 10 heteroatoms. The molecule has 0 saturated heterocycles. The highest BCUT2D eigenvalue weighted by Gasteiger charge is 2.33. The fourth-order valence-corrected chi connectivity index (χ4v) is 2.31. The van der Waals surface area contributed by atoms with Crippen LogP contribution in [0.3, 0.4) is 0 Å². The lowest BCUT2D eigenvalue weighted by atomic mass is 10.1. The van der Waals surface area contributed by atoms with Crippen molar-refractivity contribution in [3.8, 4) is 0 Å².